The van der Waals surface area contributed by atoms with Crippen LogP contribution >= 0.6 is 0 Å². The van der Waals surface area contributed by atoms with Gasteiger partial charge in [-0.15, -0.1) is 0 Å². The van der Waals surface area contributed by atoms with Crippen molar-refractivity contribution in [3.8, 4) is 0 Å². The lowest BCUT2D eigenvalue weighted by atomic mass is 9.68. The predicted molar refractivity (Wildman–Crippen MR) is 153 cm³/mol. The first-order valence-electron chi connectivity index (χ1n) is 13.6. The molecule has 0 bridgehead atoms. The number of nitrogens with zero attached hydrogens (tertiary/aromatic N) is 1. The van der Waals surface area contributed by atoms with Crippen molar-refractivity contribution in [3.63, 3.8) is 0 Å². The Bertz CT molecular complexity index is 1420. The fourth-order valence-corrected chi connectivity index (χ4v) is 5.66. The van der Waals surface area contributed by atoms with Gasteiger partial charge in [-0.3, -0.25) is 14.6 Å². The van der Waals surface area contributed by atoms with Gasteiger partial charge in [0.05, 0.1) is 16.5 Å². The topological polar surface area (TPSA) is 71.1 Å². The van der Waals surface area contributed by atoms with Crippen LogP contribution in [0.2, 0.25) is 0 Å². The van der Waals surface area contributed by atoms with Gasteiger partial charge in [0.1, 0.15) is 0 Å². The summed E-state index contributed by atoms with van der Waals surface area (Å²) >= 11 is 0. The third kappa shape index (κ3) is 5.47. The maximum atomic E-state index is 13.6. The molecule has 4 aromatic rings. The quantitative estimate of drug-likeness (QED) is 0.292. The third-order valence-corrected chi connectivity index (χ3v) is 7.77. The lowest BCUT2D eigenvalue weighted by molar-refractivity contribution is -0.128. The summed E-state index contributed by atoms with van der Waals surface area (Å²) in [5.74, 6) is -0.0205. The van der Waals surface area contributed by atoms with Crippen LogP contribution in [-0.2, 0) is 16.6 Å². The Balaban J connectivity index is 1.23. The van der Waals surface area contributed by atoms with Gasteiger partial charge in [0.2, 0.25) is 5.91 Å². The van der Waals surface area contributed by atoms with Gasteiger partial charge >= 0.3 is 0 Å². The first-order valence-corrected chi connectivity index (χ1v) is 13.6. The van der Waals surface area contributed by atoms with Gasteiger partial charge in [-0.25, -0.2) is 0 Å². The molecule has 3 aromatic carbocycles. The maximum Gasteiger partial charge on any atom is 0.256 e. The SMILES string of the molecule is Cc1ccc(C2(C(=O)N[C@H](C)Cc3ccc(NC(=O)c4ccnc5ccccc45)cc3)CCCCC2)cc1. The lowest BCUT2D eigenvalue weighted by Gasteiger charge is -2.37. The average Bonchev–Trinajstić information content (AvgIpc) is 2.94. The van der Waals surface area contributed by atoms with Crippen molar-refractivity contribution in [2.75, 3.05) is 5.32 Å². The largest absolute Gasteiger partial charge is 0.353 e. The van der Waals surface area contributed by atoms with E-state index < -0.39 is 5.41 Å². The number of hydrogen-bond donors (Lipinski definition) is 2. The molecule has 1 saturated carbocycles. The zero-order valence-corrected chi connectivity index (χ0v) is 22.2. The van der Waals surface area contributed by atoms with Gasteiger partial charge in [0.25, 0.3) is 5.91 Å². The van der Waals surface area contributed by atoms with E-state index in [9.17, 15) is 9.59 Å². The van der Waals surface area contributed by atoms with E-state index >= 15 is 0 Å². The van der Waals surface area contributed by atoms with Crippen molar-refractivity contribution in [2.45, 2.75) is 63.8 Å². The van der Waals surface area contributed by atoms with Crippen LogP contribution in [-0.4, -0.2) is 22.8 Å². The minimum absolute atomic E-state index is 0.00428. The van der Waals surface area contributed by atoms with Crippen LogP contribution in [0, 0.1) is 6.92 Å². The molecule has 1 aromatic heterocycles. The van der Waals surface area contributed by atoms with E-state index in [2.05, 4.69) is 53.7 Å². The summed E-state index contributed by atoms with van der Waals surface area (Å²) in [5.41, 5.74) is 5.14. The normalized spacial score (nSPS) is 15.5. The smallest absolute Gasteiger partial charge is 0.256 e. The van der Waals surface area contributed by atoms with Crippen molar-refractivity contribution in [1.82, 2.24) is 10.3 Å². The Morgan fingerprint density at radius 1 is 0.895 bits per heavy atom. The molecule has 0 saturated heterocycles. The minimum atomic E-state index is -0.439. The summed E-state index contributed by atoms with van der Waals surface area (Å²) in [6.07, 6.45) is 7.53. The molecule has 1 fully saturated rings. The number of aromatic nitrogens is 1. The summed E-state index contributed by atoms with van der Waals surface area (Å²) in [6.45, 7) is 4.14. The van der Waals surface area contributed by atoms with Crippen molar-refractivity contribution in [3.05, 3.63) is 107 Å². The molecular weight excluding hydrogens is 470 g/mol. The van der Waals surface area contributed by atoms with Crippen LogP contribution in [0.1, 0.15) is 66.1 Å². The molecule has 5 heteroatoms. The Labute approximate surface area is 224 Å². The van der Waals surface area contributed by atoms with Gasteiger partial charge < -0.3 is 10.6 Å². The first kappa shape index (κ1) is 25.7. The van der Waals surface area contributed by atoms with Gasteiger partial charge in [0, 0.05) is 23.3 Å². The van der Waals surface area contributed by atoms with Crippen LogP contribution in [0.3, 0.4) is 0 Å². The number of carbonyl (C=O) groups is 2. The Kier molecular flexibility index (Phi) is 7.54. The molecule has 0 unspecified atom stereocenters. The number of para-hydroxylation sites is 1. The van der Waals surface area contributed by atoms with Crippen molar-refractivity contribution in [2.24, 2.45) is 0 Å². The number of nitrogens with one attached hydrogen (secondary N) is 2. The van der Waals surface area contributed by atoms with E-state index in [4.69, 9.17) is 0 Å². The molecule has 1 atom stereocenters. The molecule has 5 nitrogen and oxygen atoms in total. The predicted octanol–water partition coefficient (Wildman–Crippen LogP) is 6.74. The molecule has 38 heavy (non-hydrogen) atoms. The number of hydrogen-bond acceptors (Lipinski definition) is 3. The number of aryl methyl sites for hydroxylation is 1. The fourth-order valence-electron chi connectivity index (χ4n) is 5.66. The highest BCUT2D eigenvalue weighted by molar-refractivity contribution is 6.12. The number of anilines is 1. The highest BCUT2D eigenvalue weighted by atomic mass is 16.2. The zero-order valence-electron chi connectivity index (χ0n) is 22.2. The maximum absolute atomic E-state index is 13.6. The Hall–Kier alpha value is -3.99. The Morgan fingerprint density at radius 3 is 2.34 bits per heavy atom. The second-order valence-electron chi connectivity index (χ2n) is 10.6. The molecule has 2 amide bonds. The average molecular weight is 506 g/mol. The number of benzene rings is 3. The van der Waals surface area contributed by atoms with E-state index in [-0.39, 0.29) is 17.9 Å². The molecule has 0 radical (unpaired) electrons. The van der Waals surface area contributed by atoms with Crippen LogP contribution in [0.25, 0.3) is 10.9 Å². The number of rotatable bonds is 7. The molecule has 2 N–H and O–H groups in total. The van der Waals surface area contributed by atoms with Crippen molar-refractivity contribution < 1.29 is 9.59 Å². The van der Waals surface area contributed by atoms with Gasteiger partial charge in [-0.05, 0) is 68.5 Å². The highest BCUT2D eigenvalue weighted by Crippen LogP contribution is 2.40. The summed E-state index contributed by atoms with van der Waals surface area (Å²) in [6, 6.07) is 25.7. The molecular formula is C33H35N3O2. The molecule has 1 heterocycles. The van der Waals surface area contributed by atoms with Crippen LogP contribution in [0.15, 0.2) is 85.1 Å². The Morgan fingerprint density at radius 2 is 1.61 bits per heavy atom. The summed E-state index contributed by atoms with van der Waals surface area (Å²) in [5, 5.41) is 7.15. The fraction of sp³-hybridized carbons (Fsp3) is 0.303. The van der Waals surface area contributed by atoms with Crippen LogP contribution in [0.4, 0.5) is 5.69 Å². The van der Waals surface area contributed by atoms with E-state index in [0.717, 1.165) is 59.8 Å². The lowest BCUT2D eigenvalue weighted by Crippen LogP contribution is -2.49. The van der Waals surface area contributed by atoms with E-state index in [1.54, 1.807) is 12.3 Å². The van der Waals surface area contributed by atoms with Crippen molar-refractivity contribution in [1.29, 1.82) is 0 Å². The van der Waals surface area contributed by atoms with Gasteiger partial charge in [-0.1, -0.05) is 79.4 Å². The molecule has 5 rings (SSSR count). The zero-order chi connectivity index (χ0) is 26.5. The highest BCUT2D eigenvalue weighted by Gasteiger charge is 2.41. The molecule has 1 aliphatic rings. The second-order valence-corrected chi connectivity index (χ2v) is 10.6. The van der Waals surface area contributed by atoms with Gasteiger partial charge in [-0.2, -0.15) is 0 Å². The van der Waals surface area contributed by atoms with E-state index in [1.807, 2.05) is 48.5 Å². The molecule has 1 aliphatic carbocycles. The van der Waals surface area contributed by atoms with E-state index in [0.29, 0.717) is 5.56 Å². The van der Waals surface area contributed by atoms with Crippen molar-refractivity contribution >= 4 is 28.4 Å². The number of carbonyl (C=O) groups excluding carboxylic acids is 2. The molecule has 0 spiro atoms. The molecule has 0 aliphatic heterocycles. The molecule has 194 valence electrons. The summed E-state index contributed by atoms with van der Waals surface area (Å²) in [4.78, 5) is 30.9. The van der Waals surface area contributed by atoms with Crippen LogP contribution in [0.5, 0.6) is 0 Å². The van der Waals surface area contributed by atoms with Gasteiger partial charge in [0.15, 0.2) is 0 Å². The number of fused-ring (bicyclic) bond motifs is 1. The summed E-state index contributed by atoms with van der Waals surface area (Å²) < 4.78 is 0. The first-order chi connectivity index (χ1) is 18.4. The van der Waals surface area contributed by atoms with Crippen LogP contribution < -0.4 is 10.6 Å². The monoisotopic (exact) mass is 505 g/mol. The standard InChI is InChI=1S/C33H35N3O2/c1-23-10-14-26(15-11-23)33(19-6-3-7-20-33)32(38)35-24(2)22-25-12-16-27(17-13-25)36-31(37)29-18-21-34-30-9-5-4-8-28(29)30/h4-5,8-18,21,24H,3,6-7,19-20,22H2,1-2H3,(H,35,38)(H,36,37)/t24-/m1/s1. The summed E-state index contributed by atoms with van der Waals surface area (Å²) in [7, 11) is 0. The van der Waals surface area contributed by atoms with E-state index in [1.165, 1.54) is 12.0 Å². The second kappa shape index (κ2) is 11.2. The minimum Gasteiger partial charge on any atom is -0.353 e. The number of pyridine rings is 1. The number of amides is 2. The third-order valence-electron chi connectivity index (χ3n) is 7.77.